The molecular formula is C61H55F7N8O6. The zero-order valence-electron chi connectivity index (χ0n) is 44.6. The van der Waals surface area contributed by atoms with Crippen molar-refractivity contribution in [3.63, 3.8) is 0 Å². The summed E-state index contributed by atoms with van der Waals surface area (Å²) in [7, 11) is 0. The number of nitrogens with zero attached hydrogens (tertiary/aromatic N) is 4. The summed E-state index contributed by atoms with van der Waals surface area (Å²) in [5.41, 5.74) is 10.9. The highest BCUT2D eigenvalue weighted by Crippen LogP contribution is 2.42. The summed E-state index contributed by atoms with van der Waals surface area (Å²) in [6.45, 7) is 7.10. The molecule has 0 saturated carbocycles. The monoisotopic (exact) mass is 1130 g/mol. The molecule has 82 heavy (non-hydrogen) atoms. The second-order valence-electron chi connectivity index (χ2n) is 21.1. The number of pyridine rings is 2. The van der Waals surface area contributed by atoms with Crippen molar-refractivity contribution in [2.45, 2.75) is 64.7 Å². The van der Waals surface area contributed by atoms with Crippen molar-refractivity contribution in [2.75, 3.05) is 37.6 Å². The average Bonchev–Trinajstić information content (AvgIpc) is 4.43. The van der Waals surface area contributed by atoms with Gasteiger partial charge in [0.1, 0.15) is 40.0 Å². The van der Waals surface area contributed by atoms with Crippen LogP contribution in [-0.2, 0) is 35.0 Å². The Morgan fingerprint density at radius 1 is 0.573 bits per heavy atom. The highest BCUT2D eigenvalue weighted by molar-refractivity contribution is 5.97. The number of hydrogen-bond donors (Lipinski definition) is 4. The molecule has 8 aromatic rings. The summed E-state index contributed by atoms with van der Waals surface area (Å²) in [4.78, 5) is 61.2. The third-order valence-electron chi connectivity index (χ3n) is 13.9. The van der Waals surface area contributed by atoms with E-state index in [1.807, 2.05) is 0 Å². The molecule has 4 aromatic carbocycles. The van der Waals surface area contributed by atoms with Crippen molar-refractivity contribution in [1.29, 1.82) is 0 Å². The number of nitrogens with two attached hydrogens (primary N) is 2. The maximum atomic E-state index is 14.2. The molecule has 2 saturated heterocycles. The van der Waals surface area contributed by atoms with E-state index < -0.39 is 41.0 Å². The van der Waals surface area contributed by atoms with E-state index >= 15 is 0 Å². The number of likely N-dealkylation sites (tertiary alicyclic amines) is 2. The number of rotatable bonds is 12. The van der Waals surface area contributed by atoms with Crippen molar-refractivity contribution in [2.24, 2.45) is 5.41 Å². The Morgan fingerprint density at radius 3 is 1.34 bits per heavy atom. The van der Waals surface area contributed by atoms with Crippen molar-refractivity contribution in [3.05, 3.63) is 179 Å². The fourth-order valence-corrected chi connectivity index (χ4v) is 9.54. The van der Waals surface area contributed by atoms with Gasteiger partial charge in [0.05, 0.1) is 30.8 Å². The molecule has 0 unspecified atom stereocenters. The molecule has 0 aliphatic carbocycles. The highest BCUT2D eigenvalue weighted by Gasteiger charge is 2.38. The lowest BCUT2D eigenvalue weighted by Gasteiger charge is -2.20. The lowest BCUT2D eigenvalue weighted by atomic mass is 9.93. The molecule has 1 atom stereocenters. The molecular weight excluding hydrogens is 1070 g/mol. The summed E-state index contributed by atoms with van der Waals surface area (Å²) in [6, 6.07) is 27.4. The van der Waals surface area contributed by atoms with Gasteiger partial charge in [-0.25, -0.2) is 14.4 Å². The first-order valence-electron chi connectivity index (χ1n) is 25.9. The van der Waals surface area contributed by atoms with Crippen LogP contribution in [0.2, 0.25) is 0 Å². The first-order valence-corrected chi connectivity index (χ1v) is 25.9. The van der Waals surface area contributed by atoms with E-state index in [0.717, 1.165) is 18.6 Å². The van der Waals surface area contributed by atoms with Gasteiger partial charge >= 0.3 is 12.4 Å². The maximum absolute atomic E-state index is 14.2. The van der Waals surface area contributed by atoms with E-state index in [1.54, 1.807) is 83.8 Å². The van der Waals surface area contributed by atoms with Gasteiger partial charge in [0.25, 0.3) is 11.8 Å². The number of nitrogens with one attached hydrogen (secondary N) is 2. The van der Waals surface area contributed by atoms with E-state index in [4.69, 9.17) is 20.3 Å². The van der Waals surface area contributed by atoms with Crippen LogP contribution >= 0.6 is 0 Å². The van der Waals surface area contributed by atoms with Gasteiger partial charge < -0.3 is 40.7 Å². The number of aromatic nitrogens is 2. The van der Waals surface area contributed by atoms with Gasteiger partial charge in [-0.3, -0.25) is 19.2 Å². The van der Waals surface area contributed by atoms with Gasteiger partial charge in [0, 0.05) is 72.5 Å². The normalized spacial score (nSPS) is 16.3. The maximum Gasteiger partial charge on any atom is 0.420 e. The van der Waals surface area contributed by atoms with Crippen molar-refractivity contribution >= 4 is 69.4 Å². The van der Waals surface area contributed by atoms with Crippen LogP contribution in [0.25, 0.3) is 56.3 Å². The van der Waals surface area contributed by atoms with Crippen molar-refractivity contribution < 1.29 is 58.7 Å². The first kappa shape index (κ1) is 57.4. The molecule has 4 aromatic heterocycles. The SMILES string of the molecule is CC1(C)CCN(C(=O)c2ccc(-c3cc(C(F)(F)F)c4oc(CNC(=O)/C=C/c5ccc(N)nc5)cc4c3)cc2)C1.C[C@@]1(F)CCN(C(=O)c2ccc(-c3cc(C(F)(F)F)c4oc(CNC(=O)/C=C/c5ccc(N)nc5)cc4c3)cc2)C1. The Kier molecular flexibility index (Phi) is 16.2. The number of hydrogen-bond acceptors (Lipinski definition) is 10. The van der Waals surface area contributed by atoms with Crippen LogP contribution in [-0.4, -0.2) is 75.2 Å². The summed E-state index contributed by atoms with van der Waals surface area (Å²) >= 11 is 0. The Labute approximate surface area is 465 Å². The predicted molar refractivity (Wildman–Crippen MR) is 297 cm³/mol. The third kappa shape index (κ3) is 14.0. The highest BCUT2D eigenvalue weighted by atomic mass is 19.4. The van der Waals surface area contributed by atoms with E-state index in [0.29, 0.717) is 70.2 Å². The van der Waals surface area contributed by atoms with Crippen LogP contribution in [0.15, 0.2) is 143 Å². The molecule has 4 amide bonds. The fraction of sp³-hybridized carbons (Fsp3) is 0.246. The van der Waals surface area contributed by atoms with Gasteiger partial charge in [-0.05, 0) is 149 Å². The number of nitrogen functional groups attached to an aromatic ring is 2. The Balaban J connectivity index is 0.000000198. The van der Waals surface area contributed by atoms with E-state index in [9.17, 15) is 49.9 Å². The number of halogens is 7. The average molecular weight is 1130 g/mol. The van der Waals surface area contributed by atoms with Crippen LogP contribution in [0, 0.1) is 5.41 Å². The van der Waals surface area contributed by atoms with Gasteiger partial charge in [0.2, 0.25) is 11.8 Å². The summed E-state index contributed by atoms with van der Waals surface area (Å²) in [5, 5.41) is 5.66. The van der Waals surface area contributed by atoms with Gasteiger partial charge in [0.15, 0.2) is 0 Å². The van der Waals surface area contributed by atoms with E-state index in [2.05, 4.69) is 34.4 Å². The Hall–Kier alpha value is -9.27. The summed E-state index contributed by atoms with van der Waals surface area (Å²) < 4.78 is 109. The minimum atomic E-state index is -4.70. The number of amides is 4. The van der Waals surface area contributed by atoms with Crippen LogP contribution in [0.3, 0.4) is 0 Å². The van der Waals surface area contributed by atoms with Gasteiger partial charge in [-0.2, -0.15) is 26.3 Å². The lowest BCUT2D eigenvalue weighted by Crippen LogP contribution is -2.31. The molecule has 2 fully saturated rings. The standard InChI is InChI=1S/C31H29F3N4O3.C30H26F4N4O3/c1-30(2)11-12-38(18-30)29(40)21-7-5-20(6-8-21)22-13-23-14-24(41-28(23)25(15-22)31(32,33)34)17-37-27(39)10-4-19-3-9-26(35)36-16-19;1-29(31)10-11-38(17-29)28(40)20-6-4-19(5-7-20)21-12-22-13-23(41-27(22)24(14-21)30(32,33)34)16-37-26(39)9-3-18-2-8-25(35)36-15-18/h3-10,13-16H,11-12,17-18H2,1-2H3,(H2,35,36)(H,37,39);2-9,12-15H,10-11,16-17H2,1H3,(H2,35,36)(H,37,39)/b10-4+;9-3+/t;29-/m.1/s1. The number of anilines is 2. The molecule has 10 rings (SSSR count). The van der Waals surface area contributed by atoms with E-state index in [-0.39, 0.29) is 82.3 Å². The quantitative estimate of drug-likeness (QED) is 0.0673. The van der Waals surface area contributed by atoms with Gasteiger partial charge in [-0.15, -0.1) is 0 Å². The third-order valence-corrected chi connectivity index (χ3v) is 13.9. The number of alkyl halides is 7. The summed E-state index contributed by atoms with van der Waals surface area (Å²) in [5.74, 6) is -0.329. The number of benzene rings is 4. The predicted octanol–water partition coefficient (Wildman–Crippen LogP) is 12.3. The van der Waals surface area contributed by atoms with Crippen LogP contribution < -0.4 is 22.1 Å². The largest absolute Gasteiger partial charge is 0.459 e. The zero-order valence-corrected chi connectivity index (χ0v) is 44.6. The first-order chi connectivity index (χ1) is 38.8. The molecule has 424 valence electrons. The second-order valence-corrected chi connectivity index (χ2v) is 21.1. The van der Waals surface area contributed by atoms with Crippen molar-refractivity contribution in [3.8, 4) is 22.3 Å². The fourth-order valence-electron chi connectivity index (χ4n) is 9.54. The van der Waals surface area contributed by atoms with Crippen LogP contribution in [0.5, 0.6) is 0 Å². The molecule has 6 N–H and O–H groups in total. The smallest absolute Gasteiger partial charge is 0.420 e. The van der Waals surface area contributed by atoms with Gasteiger partial charge in [-0.1, -0.05) is 38.1 Å². The minimum Gasteiger partial charge on any atom is -0.459 e. The molecule has 0 spiro atoms. The van der Waals surface area contributed by atoms with Crippen LogP contribution in [0.4, 0.5) is 42.4 Å². The van der Waals surface area contributed by atoms with Crippen molar-refractivity contribution in [1.82, 2.24) is 30.4 Å². The molecule has 2 aliphatic heterocycles. The molecule has 0 bridgehead atoms. The molecule has 6 heterocycles. The van der Waals surface area contributed by atoms with Crippen LogP contribution in [0.1, 0.15) is 88.1 Å². The number of carbonyl (C=O) groups is 4. The number of fused-ring (bicyclic) bond motifs is 2. The summed E-state index contributed by atoms with van der Waals surface area (Å²) in [6.07, 6.45) is 0.431. The lowest BCUT2D eigenvalue weighted by molar-refractivity contribution is -0.137. The Bertz CT molecular complexity index is 3490. The number of furan rings is 2. The van der Waals surface area contributed by atoms with E-state index in [1.165, 1.54) is 66.7 Å². The Morgan fingerprint density at radius 2 is 0.988 bits per heavy atom. The molecule has 14 nitrogen and oxygen atoms in total. The minimum absolute atomic E-state index is 0.00117. The topological polar surface area (TPSA) is 203 Å². The molecule has 21 heteroatoms. The second kappa shape index (κ2) is 23.1. The molecule has 2 aliphatic rings. The number of carbonyl (C=O) groups excluding carboxylic acids is 4. The zero-order chi connectivity index (χ0) is 58.7. The molecule has 0 radical (unpaired) electrons.